The molecule has 3 heterocycles. The quantitative estimate of drug-likeness (QED) is 0.897. The third-order valence-corrected chi connectivity index (χ3v) is 3.43. The fourth-order valence-corrected chi connectivity index (χ4v) is 2.36. The Kier molecular flexibility index (Phi) is 3.41. The van der Waals surface area contributed by atoms with Gasteiger partial charge in [-0.05, 0) is 50.4 Å². The second-order valence-corrected chi connectivity index (χ2v) is 4.72. The fourth-order valence-electron chi connectivity index (χ4n) is 2.36. The van der Waals surface area contributed by atoms with Crippen LogP contribution in [0.15, 0.2) is 27.3 Å². The van der Waals surface area contributed by atoms with Crippen LogP contribution in [0.4, 0.5) is 0 Å². The summed E-state index contributed by atoms with van der Waals surface area (Å²) in [6.45, 7) is 2.26. The Balaban J connectivity index is 1.57. The van der Waals surface area contributed by atoms with Gasteiger partial charge in [-0.3, -0.25) is 0 Å². The van der Waals surface area contributed by atoms with Gasteiger partial charge in [0.25, 0.3) is 0 Å². The molecular formula is C13H17N3O2. The first-order valence-corrected chi connectivity index (χ1v) is 6.49. The average Bonchev–Trinajstić information content (AvgIpc) is 3.08. The Bertz CT molecular complexity index is 472. The van der Waals surface area contributed by atoms with E-state index >= 15 is 0 Å². The highest BCUT2D eigenvalue weighted by Crippen LogP contribution is 2.20. The molecule has 0 radical (unpaired) electrons. The molecule has 2 aromatic heterocycles. The smallest absolute Gasteiger partial charge is 0.238 e. The van der Waals surface area contributed by atoms with Crippen molar-refractivity contribution in [3.05, 3.63) is 24.3 Å². The monoisotopic (exact) mass is 247 g/mol. The topological polar surface area (TPSA) is 64.1 Å². The molecule has 0 atom stereocenters. The predicted octanol–water partition coefficient (Wildman–Crippen LogP) is 2.26. The van der Waals surface area contributed by atoms with Crippen molar-refractivity contribution in [1.82, 2.24) is 15.5 Å². The lowest BCUT2D eigenvalue weighted by Gasteiger charge is -2.21. The number of aromatic nitrogens is 2. The van der Waals surface area contributed by atoms with Crippen LogP contribution >= 0.6 is 0 Å². The van der Waals surface area contributed by atoms with Gasteiger partial charge in [0.1, 0.15) is 0 Å². The summed E-state index contributed by atoms with van der Waals surface area (Å²) in [6.07, 6.45) is 6.10. The van der Waals surface area contributed by atoms with Gasteiger partial charge < -0.3 is 14.3 Å². The minimum Gasteiger partial charge on any atom is -0.461 e. The summed E-state index contributed by atoms with van der Waals surface area (Å²) < 4.78 is 10.5. The molecule has 5 heteroatoms. The maximum Gasteiger partial charge on any atom is 0.238 e. The number of piperidine rings is 1. The number of nitrogens with zero attached hydrogens (tertiary/aromatic N) is 2. The van der Waals surface area contributed by atoms with E-state index < -0.39 is 0 Å². The Morgan fingerprint density at radius 1 is 1.33 bits per heavy atom. The van der Waals surface area contributed by atoms with Gasteiger partial charge in [0.15, 0.2) is 5.76 Å². The van der Waals surface area contributed by atoms with Crippen LogP contribution in [-0.2, 0) is 6.42 Å². The van der Waals surface area contributed by atoms with Crippen LogP contribution in [-0.4, -0.2) is 23.2 Å². The highest BCUT2D eigenvalue weighted by Gasteiger charge is 2.15. The normalized spacial score (nSPS) is 17.1. The van der Waals surface area contributed by atoms with Crippen LogP contribution < -0.4 is 5.32 Å². The van der Waals surface area contributed by atoms with E-state index in [0.29, 0.717) is 17.5 Å². The molecule has 96 valence electrons. The van der Waals surface area contributed by atoms with Gasteiger partial charge in [0.2, 0.25) is 11.7 Å². The minimum atomic E-state index is 0.542. The lowest BCUT2D eigenvalue weighted by molar-refractivity contribution is 0.324. The fraction of sp³-hybridized carbons (Fsp3) is 0.538. The molecule has 3 rings (SSSR count). The van der Waals surface area contributed by atoms with E-state index in [1.54, 1.807) is 6.26 Å². The average molecular weight is 247 g/mol. The second kappa shape index (κ2) is 5.35. The molecule has 2 aromatic rings. The molecule has 0 aromatic carbocycles. The van der Waals surface area contributed by atoms with Crippen molar-refractivity contribution >= 4 is 0 Å². The molecule has 1 fully saturated rings. The summed E-state index contributed by atoms with van der Waals surface area (Å²) in [7, 11) is 0. The third kappa shape index (κ3) is 2.61. The highest BCUT2D eigenvalue weighted by molar-refractivity contribution is 5.44. The SMILES string of the molecule is c1coc(-c2noc(CCC3CCNCC3)n2)c1. The molecule has 0 bridgehead atoms. The summed E-state index contributed by atoms with van der Waals surface area (Å²) in [5.74, 6) is 2.69. The summed E-state index contributed by atoms with van der Waals surface area (Å²) in [5.41, 5.74) is 0. The molecule has 18 heavy (non-hydrogen) atoms. The van der Waals surface area contributed by atoms with Crippen molar-refractivity contribution in [3.8, 4) is 11.6 Å². The maximum absolute atomic E-state index is 5.24. The Morgan fingerprint density at radius 3 is 3.00 bits per heavy atom. The number of hydrogen-bond acceptors (Lipinski definition) is 5. The molecule has 1 aliphatic rings. The van der Waals surface area contributed by atoms with Crippen LogP contribution in [0.5, 0.6) is 0 Å². The van der Waals surface area contributed by atoms with Crippen molar-refractivity contribution in [1.29, 1.82) is 0 Å². The van der Waals surface area contributed by atoms with Gasteiger partial charge >= 0.3 is 0 Å². The molecule has 1 N–H and O–H groups in total. The molecular weight excluding hydrogens is 230 g/mol. The van der Waals surface area contributed by atoms with Crippen LogP contribution in [0.2, 0.25) is 0 Å². The predicted molar refractivity (Wildman–Crippen MR) is 65.9 cm³/mol. The summed E-state index contributed by atoms with van der Waals surface area (Å²) in [5, 5.41) is 7.30. The number of furan rings is 1. The maximum atomic E-state index is 5.24. The van der Waals surface area contributed by atoms with Crippen LogP contribution in [0.1, 0.15) is 25.2 Å². The second-order valence-electron chi connectivity index (χ2n) is 4.72. The van der Waals surface area contributed by atoms with E-state index in [9.17, 15) is 0 Å². The largest absolute Gasteiger partial charge is 0.461 e. The zero-order valence-corrected chi connectivity index (χ0v) is 10.3. The van der Waals surface area contributed by atoms with Gasteiger partial charge in [0.05, 0.1) is 6.26 Å². The molecule has 1 aliphatic heterocycles. The first kappa shape index (κ1) is 11.5. The molecule has 0 unspecified atom stereocenters. The Morgan fingerprint density at radius 2 is 2.22 bits per heavy atom. The minimum absolute atomic E-state index is 0.542. The van der Waals surface area contributed by atoms with E-state index in [-0.39, 0.29) is 0 Å². The van der Waals surface area contributed by atoms with Crippen LogP contribution in [0, 0.1) is 5.92 Å². The molecule has 0 saturated carbocycles. The van der Waals surface area contributed by atoms with Crippen molar-refractivity contribution in [3.63, 3.8) is 0 Å². The van der Waals surface area contributed by atoms with Gasteiger partial charge in [0, 0.05) is 6.42 Å². The Hall–Kier alpha value is -1.62. The number of rotatable bonds is 4. The summed E-state index contributed by atoms with van der Waals surface area (Å²) in [4.78, 5) is 4.35. The van der Waals surface area contributed by atoms with E-state index in [1.165, 1.54) is 12.8 Å². The summed E-state index contributed by atoms with van der Waals surface area (Å²) in [6, 6.07) is 3.65. The lowest BCUT2D eigenvalue weighted by atomic mass is 9.93. The van der Waals surface area contributed by atoms with E-state index in [1.807, 2.05) is 12.1 Å². The zero-order chi connectivity index (χ0) is 12.2. The first-order chi connectivity index (χ1) is 8.92. The van der Waals surface area contributed by atoms with Crippen molar-refractivity contribution in [2.24, 2.45) is 5.92 Å². The molecule has 1 saturated heterocycles. The van der Waals surface area contributed by atoms with Gasteiger partial charge in [-0.15, -0.1) is 0 Å². The highest BCUT2D eigenvalue weighted by atomic mass is 16.5. The van der Waals surface area contributed by atoms with Crippen molar-refractivity contribution < 1.29 is 8.94 Å². The summed E-state index contributed by atoms with van der Waals surface area (Å²) >= 11 is 0. The Labute approximate surface area is 106 Å². The van der Waals surface area contributed by atoms with Crippen molar-refractivity contribution in [2.75, 3.05) is 13.1 Å². The van der Waals surface area contributed by atoms with Crippen LogP contribution in [0.3, 0.4) is 0 Å². The number of hydrogen-bond donors (Lipinski definition) is 1. The molecule has 5 nitrogen and oxygen atoms in total. The lowest BCUT2D eigenvalue weighted by Crippen LogP contribution is -2.27. The first-order valence-electron chi connectivity index (χ1n) is 6.49. The van der Waals surface area contributed by atoms with E-state index in [4.69, 9.17) is 8.94 Å². The van der Waals surface area contributed by atoms with Gasteiger partial charge in [-0.1, -0.05) is 5.16 Å². The zero-order valence-electron chi connectivity index (χ0n) is 10.3. The van der Waals surface area contributed by atoms with Crippen LogP contribution in [0.25, 0.3) is 11.6 Å². The number of nitrogens with one attached hydrogen (secondary N) is 1. The van der Waals surface area contributed by atoms with Gasteiger partial charge in [-0.2, -0.15) is 4.98 Å². The van der Waals surface area contributed by atoms with Gasteiger partial charge in [-0.25, -0.2) is 0 Å². The molecule has 0 spiro atoms. The van der Waals surface area contributed by atoms with Crippen molar-refractivity contribution in [2.45, 2.75) is 25.7 Å². The number of aryl methyl sites for hydroxylation is 1. The van der Waals surface area contributed by atoms with E-state index in [0.717, 1.165) is 31.8 Å². The molecule has 0 aliphatic carbocycles. The van der Waals surface area contributed by atoms with E-state index in [2.05, 4.69) is 15.5 Å². The molecule has 0 amide bonds. The third-order valence-electron chi connectivity index (χ3n) is 3.43. The standard InChI is InChI=1S/C13H17N3O2/c1-2-11(17-9-1)13-15-12(18-16-13)4-3-10-5-7-14-8-6-10/h1-2,9-10,14H,3-8H2.